The molecule has 0 bridgehead atoms. The highest BCUT2D eigenvalue weighted by atomic mass is 16.5. The molecule has 0 saturated heterocycles. The molecule has 3 nitrogen and oxygen atoms in total. The van der Waals surface area contributed by atoms with Crippen LogP contribution in [0.4, 0.5) is 0 Å². The Morgan fingerprint density at radius 1 is 1.20 bits per heavy atom. The monoisotopic (exact) mass is 276 g/mol. The summed E-state index contributed by atoms with van der Waals surface area (Å²) in [5, 5.41) is 3.75. The average Bonchev–Trinajstić information content (AvgIpc) is 3.27. The quantitative estimate of drug-likeness (QED) is 0.702. The SMILES string of the molecule is COc1ccc(C(NCCCCN(C)C)C2CC2)cc1. The van der Waals surface area contributed by atoms with Gasteiger partial charge in [0.05, 0.1) is 7.11 Å². The predicted octanol–water partition coefficient (Wildman–Crippen LogP) is 3.08. The average molecular weight is 276 g/mol. The molecule has 0 aliphatic heterocycles. The Labute approximate surface area is 123 Å². The predicted molar refractivity (Wildman–Crippen MR) is 84.2 cm³/mol. The van der Waals surface area contributed by atoms with Gasteiger partial charge in [0.2, 0.25) is 0 Å². The lowest BCUT2D eigenvalue weighted by atomic mass is 10.0. The summed E-state index contributed by atoms with van der Waals surface area (Å²) in [7, 11) is 5.99. The summed E-state index contributed by atoms with van der Waals surface area (Å²) < 4.78 is 5.24. The van der Waals surface area contributed by atoms with E-state index in [0.29, 0.717) is 6.04 Å². The van der Waals surface area contributed by atoms with Gasteiger partial charge in [-0.3, -0.25) is 0 Å². The molecule has 2 rings (SSSR count). The van der Waals surface area contributed by atoms with Crippen molar-refractivity contribution in [1.29, 1.82) is 0 Å². The molecule has 1 aromatic carbocycles. The fraction of sp³-hybridized carbons (Fsp3) is 0.647. The zero-order valence-corrected chi connectivity index (χ0v) is 13.1. The summed E-state index contributed by atoms with van der Waals surface area (Å²) in [6.07, 6.45) is 5.24. The van der Waals surface area contributed by atoms with Gasteiger partial charge in [-0.05, 0) is 76.5 Å². The number of rotatable bonds is 9. The molecule has 1 aromatic rings. The molecule has 0 spiro atoms. The third-order valence-electron chi connectivity index (χ3n) is 3.96. The number of hydrogen-bond acceptors (Lipinski definition) is 3. The Bertz CT molecular complexity index is 384. The molecule has 1 N–H and O–H groups in total. The van der Waals surface area contributed by atoms with Crippen molar-refractivity contribution in [3.63, 3.8) is 0 Å². The molecule has 20 heavy (non-hydrogen) atoms. The highest BCUT2D eigenvalue weighted by Crippen LogP contribution is 2.41. The van der Waals surface area contributed by atoms with Crippen LogP contribution < -0.4 is 10.1 Å². The highest BCUT2D eigenvalue weighted by molar-refractivity contribution is 5.30. The van der Waals surface area contributed by atoms with Crippen LogP contribution in [0, 0.1) is 5.92 Å². The van der Waals surface area contributed by atoms with Crippen molar-refractivity contribution in [2.75, 3.05) is 34.3 Å². The molecule has 1 aliphatic rings. The van der Waals surface area contributed by atoms with Crippen LogP contribution in [0.3, 0.4) is 0 Å². The fourth-order valence-electron chi connectivity index (χ4n) is 2.61. The van der Waals surface area contributed by atoms with Crippen molar-refractivity contribution in [1.82, 2.24) is 10.2 Å². The standard InChI is InChI=1S/C17H28N2O/c1-19(2)13-5-4-12-18-17(14-6-7-14)15-8-10-16(20-3)11-9-15/h8-11,14,17-18H,4-7,12-13H2,1-3H3. The maximum atomic E-state index is 5.24. The Hall–Kier alpha value is -1.06. The van der Waals surface area contributed by atoms with E-state index in [-0.39, 0.29) is 0 Å². The second-order valence-electron chi connectivity index (χ2n) is 6.05. The molecule has 1 atom stereocenters. The third-order valence-corrected chi connectivity index (χ3v) is 3.96. The van der Waals surface area contributed by atoms with Crippen molar-refractivity contribution in [3.8, 4) is 5.75 Å². The Morgan fingerprint density at radius 2 is 1.90 bits per heavy atom. The van der Waals surface area contributed by atoms with Gasteiger partial charge >= 0.3 is 0 Å². The largest absolute Gasteiger partial charge is 0.497 e. The van der Waals surface area contributed by atoms with Gasteiger partial charge < -0.3 is 15.0 Å². The van der Waals surface area contributed by atoms with E-state index in [1.54, 1.807) is 7.11 Å². The van der Waals surface area contributed by atoms with Crippen LogP contribution in [0.5, 0.6) is 5.75 Å². The van der Waals surface area contributed by atoms with Gasteiger partial charge in [0.15, 0.2) is 0 Å². The van der Waals surface area contributed by atoms with Gasteiger partial charge in [-0.15, -0.1) is 0 Å². The zero-order chi connectivity index (χ0) is 14.4. The van der Waals surface area contributed by atoms with Gasteiger partial charge in [0.25, 0.3) is 0 Å². The molecule has 0 heterocycles. The molecule has 112 valence electrons. The maximum absolute atomic E-state index is 5.24. The van der Waals surface area contributed by atoms with Crippen molar-refractivity contribution in [2.24, 2.45) is 5.92 Å². The number of unbranched alkanes of at least 4 members (excludes halogenated alkanes) is 1. The smallest absolute Gasteiger partial charge is 0.118 e. The Morgan fingerprint density at radius 3 is 2.45 bits per heavy atom. The van der Waals surface area contributed by atoms with Crippen LogP contribution in [0.2, 0.25) is 0 Å². The van der Waals surface area contributed by atoms with Crippen LogP contribution in [0.25, 0.3) is 0 Å². The topological polar surface area (TPSA) is 24.5 Å². The zero-order valence-electron chi connectivity index (χ0n) is 13.1. The normalized spacial score (nSPS) is 16.4. The highest BCUT2D eigenvalue weighted by Gasteiger charge is 2.31. The lowest BCUT2D eigenvalue weighted by Crippen LogP contribution is -2.25. The van der Waals surface area contributed by atoms with E-state index in [4.69, 9.17) is 4.74 Å². The van der Waals surface area contributed by atoms with Crippen molar-refractivity contribution in [2.45, 2.75) is 31.7 Å². The van der Waals surface area contributed by atoms with Gasteiger partial charge in [0, 0.05) is 6.04 Å². The van der Waals surface area contributed by atoms with Crippen molar-refractivity contribution >= 4 is 0 Å². The van der Waals surface area contributed by atoms with E-state index >= 15 is 0 Å². The minimum atomic E-state index is 0.528. The van der Waals surface area contributed by atoms with Gasteiger partial charge in [0.1, 0.15) is 5.75 Å². The first-order chi connectivity index (χ1) is 9.70. The molecule has 0 radical (unpaired) electrons. The van der Waals surface area contributed by atoms with E-state index in [0.717, 1.165) is 18.2 Å². The van der Waals surface area contributed by atoms with Gasteiger partial charge in [-0.1, -0.05) is 12.1 Å². The summed E-state index contributed by atoms with van der Waals surface area (Å²) in [5.41, 5.74) is 1.40. The molecule has 0 amide bonds. The molecule has 1 aliphatic carbocycles. The van der Waals surface area contributed by atoms with E-state index in [2.05, 4.69) is 48.6 Å². The fourth-order valence-corrected chi connectivity index (χ4v) is 2.61. The van der Waals surface area contributed by atoms with Crippen LogP contribution in [0.15, 0.2) is 24.3 Å². The molecular weight excluding hydrogens is 248 g/mol. The number of hydrogen-bond donors (Lipinski definition) is 1. The van der Waals surface area contributed by atoms with Gasteiger partial charge in [-0.25, -0.2) is 0 Å². The summed E-state index contributed by atoms with van der Waals surface area (Å²) in [4.78, 5) is 2.25. The first kappa shape index (κ1) is 15.3. The maximum Gasteiger partial charge on any atom is 0.118 e. The molecule has 0 aromatic heterocycles. The van der Waals surface area contributed by atoms with Crippen LogP contribution >= 0.6 is 0 Å². The van der Waals surface area contributed by atoms with Crippen molar-refractivity contribution in [3.05, 3.63) is 29.8 Å². The second kappa shape index (κ2) is 7.65. The van der Waals surface area contributed by atoms with E-state index < -0.39 is 0 Å². The number of nitrogens with zero attached hydrogens (tertiary/aromatic N) is 1. The second-order valence-corrected chi connectivity index (χ2v) is 6.05. The number of methoxy groups -OCH3 is 1. The van der Waals surface area contributed by atoms with Crippen LogP contribution in [-0.2, 0) is 0 Å². The minimum Gasteiger partial charge on any atom is -0.497 e. The molecule has 1 unspecified atom stereocenters. The summed E-state index contributed by atoms with van der Waals surface area (Å²) >= 11 is 0. The Kier molecular flexibility index (Phi) is 5.86. The molecule has 3 heteroatoms. The molecule has 1 fully saturated rings. The Balaban J connectivity index is 1.81. The lowest BCUT2D eigenvalue weighted by molar-refractivity contribution is 0.384. The lowest BCUT2D eigenvalue weighted by Gasteiger charge is -2.19. The summed E-state index contributed by atoms with van der Waals surface area (Å²) in [5.74, 6) is 1.77. The first-order valence-corrected chi connectivity index (χ1v) is 7.73. The summed E-state index contributed by atoms with van der Waals surface area (Å²) in [6, 6.07) is 9.07. The number of nitrogens with one attached hydrogen (secondary N) is 1. The van der Waals surface area contributed by atoms with E-state index in [9.17, 15) is 0 Å². The van der Waals surface area contributed by atoms with Crippen LogP contribution in [0.1, 0.15) is 37.3 Å². The van der Waals surface area contributed by atoms with E-state index in [1.165, 1.54) is 37.8 Å². The first-order valence-electron chi connectivity index (χ1n) is 7.73. The third kappa shape index (κ3) is 4.80. The molecular formula is C17H28N2O. The summed E-state index contributed by atoms with van der Waals surface area (Å²) in [6.45, 7) is 2.29. The van der Waals surface area contributed by atoms with E-state index in [1.807, 2.05) is 0 Å². The van der Waals surface area contributed by atoms with Crippen molar-refractivity contribution < 1.29 is 4.74 Å². The van der Waals surface area contributed by atoms with Gasteiger partial charge in [-0.2, -0.15) is 0 Å². The molecule has 1 saturated carbocycles. The van der Waals surface area contributed by atoms with Crippen LogP contribution in [-0.4, -0.2) is 39.2 Å². The minimum absolute atomic E-state index is 0.528. The number of benzene rings is 1. The number of ether oxygens (including phenoxy) is 1.